The van der Waals surface area contributed by atoms with E-state index in [1.54, 1.807) is 0 Å². The van der Waals surface area contributed by atoms with Crippen molar-refractivity contribution in [1.82, 2.24) is 4.90 Å². The molecule has 0 heterocycles. The molecule has 1 aromatic carbocycles. The van der Waals surface area contributed by atoms with E-state index >= 15 is 0 Å². The molecular weight excluding hydrogens is 274 g/mol. The van der Waals surface area contributed by atoms with Crippen molar-refractivity contribution in [2.75, 3.05) is 33.0 Å². The second-order valence-electron chi connectivity index (χ2n) is 5.92. The molecule has 0 fully saturated rings. The first-order chi connectivity index (χ1) is 10.7. The molecule has 0 atom stereocenters. The van der Waals surface area contributed by atoms with Gasteiger partial charge in [0.05, 0.1) is 6.61 Å². The molecule has 0 saturated heterocycles. The highest BCUT2D eigenvalue weighted by Crippen LogP contribution is 2.08. The molecule has 0 N–H and O–H groups in total. The number of nitrogens with zero attached hydrogens (tertiary/aromatic N) is 1. The van der Waals surface area contributed by atoms with Gasteiger partial charge in [0, 0.05) is 39.0 Å². The van der Waals surface area contributed by atoms with Gasteiger partial charge in [0.2, 0.25) is 0 Å². The zero-order valence-electron chi connectivity index (χ0n) is 14.6. The predicted molar refractivity (Wildman–Crippen MR) is 93.2 cm³/mol. The normalized spacial score (nSPS) is 11.5. The van der Waals surface area contributed by atoms with E-state index in [1.807, 2.05) is 6.92 Å². The quantitative estimate of drug-likeness (QED) is 0.512. The zero-order chi connectivity index (χ0) is 16.0. The van der Waals surface area contributed by atoms with E-state index in [1.165, 1.54) is 12.0 Å². The largest absolute Gasteiger partial charge is 0.382 e. The maximum absolute atomic E-state index is 5.78. The van der Waals surface area contributed by atoms with Crippen LogP contribution in [0.1, 0.15) is 45.6 Å². The number of hydrogen-bond donors (Lipinski definition) is 0. The van der Waals surface area contributed by atoms with E-state index in [-0.39, 0.29) is 0 Å². The highest BCUT2D eigenvalue weighted by molar-refractivity contribution is 5.14. The van der Waals surface area contributed by atoms with Crippen molar-refractivity contribution in [2.45, 2.75) is 52.6 Å². The molecule has 3 nitrogen and oxygen atoms in total. The minimum absolute atomic E-state index is 0.537. The zero-order valence-corrected chi connectivity index (χ0v) is 14.6. The van der Waals surface area contributed by atoms with Crippen molar-refractivity contribution < 1.29 is 9.47 Å². The minimum atomic E-state index is 0.537. The average molecular weight is 307 g/mol. The Balaban J connectivity index is 2.09. The van der Waals surface area contributed by atoms with Crippen LogP contribution in [0.15, 0.2) is 30.3 Å². The third-order valence-corrected chi connectivity index (χ3v) is 3.76. The summed E-state index contributed by atoms with van der Waals surface area (Å²) in [5.41, 5.74) is 1.37. The lowest BCUT2D eigenvalue weighted by atomic mass is 10.2. The van der Waals surface area contributed by atoms with Crippen LogP contribution in [-0.2, 0) is 16.0 Å². The van der Waals surface area contributed by atoms with Crippen LogP contribution in [0.25, 0.3) is 0 Å². The van der Waals surface area contributed by atoms with E-state index in [2.05, 4.69) is 49.1 Å². The molecule has 0 aliphatic carbocycles. The first-order valence-corrected chi connectivity index (χ1v) is 8.67. The molecule has 0 unspecified atom stereocenters. The van der Waals surface area contributed by atoms with Gasteiger partial charge >= 0.3 is 0 Å². The lowest BCUT2D eigenvalue weighted by Crippen LogP contribution is -2.33. The number of unbranched alkanes of at least 4 members (excludes halogenated alkanes) is 2. The van der Waals surface area contributed by atoms with Crippen molar-refractivity contribution in [3.8, 4) is 0 Å². The smallest absolute Gasteiger partial charge is 0.0593 e. The fourth-order valence-electron chi connectivity index (χ4n) is 2.35. The topological polar surface area (TPSA) is 21.7 Å². The van der Waals surface area contributed by atoms with Crippen LogP contribution in [0.3, 0.4) is 0 Å². The number of ether oxygens (including phenoxy) is 2. The Labute approximate surface area is 136 Å². The standard InChI is InChI=1S/C19H33NO2/c1-4-21-14-9-6-10-15-22-16-13-20(18(2)3)17-19-11-7-5-8-12-19/h5,7-8,11-12,18H,4,6,9-10,13-17H2,1-3H3. The van der Waals surface area contributed by atoms with Gasteiger partial charge in [-0.05, 0) is 45.6 Å². The van der Waals surface area contributed by atoms with E-state index in [0.29, 0.717) is 6.04 Å². The third-order valence-electron chi connectivity index (χ3n) is 3.76. The van der Waals surface area contributed by atoms with E-state index in [9.17, 15) is 0 Å². The van der Waals surface area contributed by atoms with Crippen molar-refractivity contribution in [3.05, 3.63) is 35.9 Å². The summed E-state index contributed by atoms with van der Waals surface area (Å²) in [7, 11) is 0. The monoisotopic (exact) mass is 307 g/mol. The van der Waals surface area contributed by atoms with Crippen LogP contribution in [0, 0.1) is 0 Å². The number of rotatable bonds is 13. The van der Waals surface area contributed by atoms with Gasteiger partial charge in [0.25, 0.3) is 0 Å². The van der Waals surface area contributed by atoms with Gasteiger partial charge in [-0.2, -0.15) is 0 Å². The summed E-state index contributed by atoms with van der Waals surface area (Å²) in [6, 6.07) is 11.2. The number of benzene rings is 1. The molecule has 0 amide bonds. The average Bonchev–Trinajstić information content (AvgIpc) is 2.53. The lowest BCUT2D eigenvalue weighted by molar-refractivity contribution is 0.0846. The molecule has 0 aliphatic heterocycles. The van der Waals surface area contributed by atoms with Crippen molar-refractivity contribution in [3.63, 3.8) is 0 Å². The SMILES string of the molecule is CCOCCCCCOCCN(Cc1ccccc1)C(C)C. The van der Waals surface area contributed by atoms with Gasteiger partial charge in [-0.1, -0.05) is 30.3 Å². The highest BCUT2D eigenvalue weighted by Gasteiger charge is 2.09. The second kappa shape index (κ2) is 12.6. The van der Waals surface area contributed by atoms with Crippen molar-refractivity contribution >= 4 is 0 Å². The van der Waals surface area contributed by atoms with E-state index in [4.69, 9.17) is 9.47 Å². The van der Waals surface area contributed by atoms with Crippen LogP contribution in [0.5, 0.6) is 0 Å². The van der Waals surface area contributed by atoms with Gasteiger partial charge in [-0.3, -0.25) is 4.90 Å². The molecule has 0 aliphatic rings. The fraction of sp³-hybridized carbons (Fsp3) is 0.684. The molecule has 0 bridgehead atoms. The lowest BCUT2D eigenvalue weighted by Gasteiger charge is -2.26. The molecule has 22 heavy (non-hydrogen) atoms. The molecule has 0 spiro atoms. The van der Waals surface area contributed by atoms with Crippen LogP contribution < -0.4 is 0 Å². The van der Waals surface area contributed by atoms with Crippen LogP contribution in [0.2, 0.25) is 0 Å². The van der Waals surface area contributed by atoms with Gasteiger partial charge in [0.15, 0.2) is 0 Å². The van der Waals surface area contributed by atoms with Crippen molar-refractivity contribution in [2.24, 2.45) is 0 Å². The summed E-state index contributed by atoms with van der Waals surface area (Å²) < 4.78 is 11.1. The molecule has 3 heteroatoms. The molecule has 1 rings (SSSR count). The summed E-state index contributed by atoms with van der Waals surface area (Å²) in [5, 5.41) is 0. The van der Waals surface area contributed by atoms with Crippen molar-refractivity contribution in [1.29, 1.82) is 0 Å². The molecule has 126 valence electrons. The number of hydrogen-bond acceptors (Lipinski definition) is 3. The van der Waals surface area contributed by atoms with Crippen LogP contribution in [0.4, 0.5) is 0 Å². The fourth-order valence-corrected chi connectivity index (χ4v) is 2.35. The second-order valence-corrected chi connectivity index (χ2v) is 5.92. The van der Waals surface area contributed by atoms with Gasteiger partial charge in [-0.25, -0.2) is 0 Å². The Morgan fingerprint density at radius 1 is 0.909 bits per heavy atom. The Morgan fingerprint density at radius 2 is 1.59 bits per heavy atom. The maximum atomic E-state index is 5.78. The van der Waals surface area contributed by atoms with E-state index < -0.39 is 0 Å². The molecule has 0 radical (unpaired) electrons. The molecular formula is C19H33NO2. The summed E-state index contributed by atoms with van der Waals surface area (Å²) >= 11 is 0. The predicted octanol–water partition coefficient (Wildman–Crippen LogP) is 4.12. The molecule has 1 aromatic rings. The highest BCUT2D eigenvalue weighted by atomic mass is 16.5. The maximum Gasteiger partial charge on any atom is 0.0593 e. The van der Waals surface area contributed by atoms with Crippen LogP contribution >= 0.6 is 0 Å². The van der Waals surface area contributed by atoms with Gasteiger partial charge in [0.1, 0.15) is 0 Å². The summed E-state index contributed by atoms with van der Waals surface area (Å²) in [6.07, 6.45) is 3.47. The Hall–Kier alpha value is -0.900. The Morgan fingerprint density at radius 3 is 2.23 bits per heavy atom. The third kappa shape index (κ3) is 9.19. The Bertz CT molecular complexity index is 354. The van der Waals surface area contributed by atoms with Gasteiger partial charge < -0.3 is 9.47 Å². The van der Waals surface area contributed by atoms with Gasteiger partial charge in [-0.15, -0.1) is 0 Å². The molecule has 0 saturated carbocycles. The summed E-state index contributed by atoms with van der Waals surface area (Å²) in [5.74, 6) is 0. The van der Waals surface area contributed by atoms with Crippen LogP contribution in [-0.4, -0.2) is 43.9 Å². The Kier molecular flexibility index (Phi) is 11.0. The van der Waals surface area contributed by atoms with E-state index in [0.717, 1.165) is 52.4 Å². The first-order valence-electron chi connectivity index (χ1n) is 8.67. The summed E-state index contributed by atoms with van der Waals surface area (Å²) in [6.45, 7) is 11.9. The first kappa shape index (κ1) is 19.1. The summed E-state index contributed by atoms with van der Waals surface area (Å²) in [4.78, 5) is 2.46. The minimum Gasteiger partial charge on any atom is -0.382 e. The molecule has 0 aromatic heterocycles.